The molecule has 0 atom stereocenters. The van der Waals surface area contributed by atoms with Gasteiger partial charge in [-0.2, -0.15) is 0 Å². The van der Waals surface area contributed by atoms with Gasteiger partial charge in [-0.25, -0.2) is 0 Å². The van der Waals surface area contributed by atoms with Crippen molar-refractivity contribution >= 4 is 11.7 Å². The molecule has 4 N–H and O–H groups in total. The van der Waals surface area contributed by atoms with E-state index in [1.54, 1.807) is 18.3 Å². The summed E-state index contributed by atoms with van der Waals surface area (Å²) in [5.41, 5.74) is 6.41. The Bertz CT molecular complexity index is 548. The van der Waals surface area contributed by atoms with E-state index in [2.05, 4.69) is 22.4 Å². The topological polar surface area (TPSA) is 101 Å². The average molecular weight is 290 g/mol. The third-order valence-corrected chi connectivity index (χ3v) is 4.24. The fourth-order valence-corrected chi connectivity index (χ4v) is 2.77. The van der Waals surface area contributed by atoms with Crippen LogP contribution in [0.4, 0.5) is 0 Å². The Labute approximate surface area is 124 Å². The number of nitrogens with zero attached hydrogens (tertiary/aromatic N) is 2. The van der Waals surface area contributed by atoms with Gasteiger partial charge in [-0.05, 0) is 50.7 Å². The maximum atomic E-state index is 12.4. The van der Waals surface area contributed by atoms with Crippen molar-refractivity contribution < 1.29 is 10.0 Å². The molecular weight excluding hydrogens is 268 g/mol. The number of aromatic nitrogens is 1. The molecule has 1 aromatic heterocycles. The lowest BCUT2D eigenvalue weighted by molar-refractivity contribution is 0.0897. The first-order valence-corrected chi connectivity index (χ1v) is 7.20. The van der Waals surface area contributed by atoms with Crippen LogP contribution in [0.5, 0.6) is 0 Å². The molecule has 0 aliphatic heterocycles. The SMILES string of the molecule is Cc1cc(C(=O)NC2(/C(N)=N/O)CCC(C)CC2)ccn1. The summed E-state index contributed by atoms with van der Waals surface area (Å²) in [4.78, 5) is 16.5. The molecule has 1 aromatic rings. The normalized spacial score (nSPS) is 26.4. The largest absolute Gasteiger partial charge is 0.409 e. The minimum Gasteiger partial charge on any atom is -0.409 e. The molecule has 6 heteroatoms. The molecule has 1 saturated carbocycles. The Morgan fingerprint density at radius 3 is 2.76 bits per heavy atom. The first kappa shape index (κ1) is 15.3. The molecule has 1 fully saturated rings. The molecule has 1 aliphatic rings. The molecule has 6 nitrogen and oxygen atoms in total. The highest BCUT2D eigenvalue weighted by molar-refractivity contribution is 6.00. The Morgan fingerprint density at radius 2 is 2.19 bits per heavy atom. The molecule has 0 spiro atoms. The van der Waals surface area contributed by atoms with Gasteiger partial charge < -0.3 is 16.3 Å². The van der Waals surface area contributed by atoms with Gasteiger partial charge in [-0.1, -0.05) is 12.1 Å². The Hall–Kier alpha value is -2.11. The second-order valence-electron chi connectivity index (χ2n) is 5.89. The molecule has 0 aromatic carbocycles. The number of amidine groups is 1. The number of nitrogens with one attached hydrogen (secondary N) is 1. The standard InChI is InChI=1S/C15H22N4O2/c1-10-3-6-15(7-4-10,14(16)19-21)18-13(20)12-5-8-17-11(2)9-12/h5,8-10,21H,3-4,6-7H2,1-2H3,(H2,16,19)(H,18,20). The van der Waals surface area contributed by atoms with Crippen molar-refractivity contribution in [3.05, 3.63) is 29.6 Å². The van der Waals surface area contributed by atoms with Crippen molar-refractivity contribution in [1.82, 2.24) is 10.3 Å². The van der Waals surface area contributed by atoms with Crippen LogP contribution in [0.15, 0.2) is 23.5 Å². The summed E-state index contributed by atoms with van der Waals surface area (Å²) in [5.74, 6) is 0.444. The maximum absolute atomic E-state index is 12.4. The highest BCUT2D eigenvalue weighted by Crippen LogP contribution is 2.32. The Morgan fingerprint density at radius 1 is 1.52 bits per heavy atom. The zero-order valence-electron chi connectivity index (χ0n) is 12.5. The third kappa shape index (κ3) is 3.32. The van der Waals surface area contributed by atoms with E-state index in [0.29, 0.717) is 24.3 Å². The second-order valence-corrected chi connectivity index (χ2v) is 5.89. The van der Waals surface area contributed by atoms with Gasteiger partial charge in [0.25, 0.3) is 5.91 Å². The average Bonchev–Trinajstić information content (AvgIpc) is 2.49. The highest BCUT2D eigenvalue weighted by atomic mass is 16.4. The van der Waals surface area contributed by atoms with E-state index in [1.807, 2.05) is 6.92 Å². The number of hydrogen-bond acceptors (Lipinski definition) is 4. The quantitative estimate of drug-likeness (QED) is 0.342. The molecule has 0 bridgehead atoms. The van der Waals surface area contributed by atoms with E-state index < -0.39 is 5.54 Å². The zero-order valence-corrected chi connectivity index (χ0v) is 12.5. The zero-order chi connectivity index (χ0) is 15.5. The minimum atomic E-state index is -0.754. The van der Waals surface area contributed by atoms with Crippen molar-refractivity contribution in [1.29, 1.82) is 0 Å². The van der Waals surface area contributed by atoms with Gasteiger partial charge in [0, 0.05) is 17.5 Å². The Kier molecular flexibility index (Phi) is 4.45. The number of rotatable bonds is 3. The molecule has 1 heterocycles. The molecular formula is C15H22N4O2. The van der Waals surface area contributed by atoms with E-state index >= 15 is 0 Å². The second kappa shape index (κ2) is 6.11. The van der Waals surface area contributed by atoms with Crippen LogP contribution in [0, 0.1) is 12.8 Å². The van der Waals surface area contributed by atoms with E-state index in [0.717, 1.165) is 18.5 Å². The summed E-state index contributed by atoms with van der Waals surface area (Å²) in [7, 11) is 0. The minimum absolute atomic E-state index is 0.0773. The van der Waals surface area contributed by atoms with Crippen LogP contribution in [-0.2, 0) is 0 Å². The summed E-state index contributed by atoms with van der Waals surface area (Å²) in [6, 6.07) is 3.38. The molecule has 1 aliphatic carbocycles. The van der Waals surface area contributed by atoms with Crippen LogP contribution in [0.2, 0.25) is 0 Å². The number of carbonyl (C=O) groups excluding carboxylic acids is 1. The summed E-state index contributed by atoms with van der Waals surface area (Å²) < 4.78 is 0. The van der Waals surface area contributed by atoms with Gasteiger partial charge in [-0.3, -0.25) is 9.78 Å². The maximum Gasteiger partial charge on any atom is 0.252 e. The van der Waals surface area contributed by atoms with Crippen LogP contribution in [0.1, 0.15) is 48.7 Å². The molecule has 1 amide bonds. The molecule has 114 valence electrons. The highest BCUT2D eigenvalue weighted by Gasteiger charge is 2.40. The predicted molar refractivity (Wildman–Crippen MR) is 80.2 cm³/mol. The first-order chi connectivity index (χ1) is 9.97. The third-order valence-electron chi connectivity index (χ3n) is 4.24. The van der Waals surface area contributed by atoms with Crippen molar-refractivity contribution in [2.75, 3.05) is 0 Å². The smallest absolute Gasteiger partial charge is 0.252 e. The van der Waals surface area contributed by atoms with Crippen LogP contribution < -0.4 is 11.1 Å². The van der Waals surface area contributed by atoms with Crippen LogP contribution >= 0.6 is 0 Å². The van der Waals surface area contributed by atoms with Gasteiger partial charge in [0.2, 0.25) is 0 Å². The number of aryl methyl sites for hydroxylation is 1. The van der Waals surface area contributed by atoms with Gasteiger partial charge in [0.05, 0.1) is 0 Å². The number of oxime groups is 1. The fraction of sp³-hybridized carbons (Fsp3) is 0.533. The lowest BCUT2D eigenvalue weighted by Crippen LogP contribution is -2.59. The molecule has 21 heavy (non-hydrogen) atoms. The number of carbonyl (C=O) groups is 1. The number of nitrogens with two attached hydrogens (primary N) is 1. The number of amides is 1. The van der Waals surface area contributed by atoms with Crippen LogP contribution in [0.3, 0.4) is 0 Å². The number of pyridine rings is 1. The van der Waals surface area contributed by atoms with Crippen molar-refractivity contribution in [3.63, 3.8) is 0 Å². The monoisotopic (exact) mass is 290 g/mol. The van der Waals surface area contributed by atoms with Gasteiger partial charge in [0.15, 0.2) is 5.84 Å². The lowest BCUT2D eigenvalue weighted by Gasteiger charge is -2.39. The molecule has 2 rings (SSSR count). The lowest BCUT2D eigenvalue weighted by atomic mass is 9.76. The van der Waals surface area contributed by atoms with Gasteiger partial charge in [0.1, 0.15) is 5.54 Å². The summed E-state index contributed by atoms with van der Waals surface area (Å²) in [6.07, 6.45) is 4.83. The summed E-state index contributed by atoms with van der Waals surface area (Å²) in [6.45, 7) is 4.00. The Balaban J connectivity index is 2.21. The molecule has 0 unspecified atom stereocenters. The number of hydrogen-bond donors (Lipinski definition) is 3. The van der Waals surface area contributed by atoms with Gasteiger partial charge in [-0.15, -0.1) is 0 Å². The molecule has 0 saturated heterocycles. The van der Waals surface area contributed by atoms with Crippen molar-refractivity contribution in [3.8, 4) is 0 Å². The first-order valence-electron chi connectivity index (χ1n) is 7.20. The van der Waals surface area contributed by atoms with Crippen molar-refractivity contribution in [2.45, 2.75) is 45.1 Å². The predicted octanol–water partition coefficient (Wildman–Crippen LogP) is 1.82. The van der Waals surface area contributed by atoms with Crippen LogP contribution in [0.25, 0.3) is 0 Å². The van der Waals surface area contributed by atoms with E-state index in [1.165, 1.54) is 0 Å². The van der Waals surface area contributed by atoms with Crippen molar-refractivity contribution in [2.24, 2.45) is 16.8 Å². The van der Waals surface area contributed by atoms with E-state index in [-0.39, 0.29) is 11.7 Å². The molecule has 0 radical (unpaired) electrons. The summed E-state index contributed by atoms with van der Waals surface area (Å²) in [5, 5.41) is 15.2. The van der Waals surface area contributed by atoms with E-state index in [9.17, 15) is 4.79 Å². The van der Waals surface area contributed by atoms with Gasteiger partial charge >= 0.3 is 0 Å². The fourth-order valence-electron chi connectivity index (χ4n) is 2.77. The summed E-state index contributed by atoms with van der Waals surface area (Å²) >= 11 is 0. The van der Waals surface area contributed by atoms with Crippen LogP contribution in [-0.4, -0.2) is 27.5 Å². The van der Waals surface area contributed by atoms with E-state index in [4.69, 9.17) is 10.9 Å².